The molecule has 1 aromatic carbocycles. The number of pyridine rings is 2. The molecule has 0 aliphatic heterocycles. The molecule has 2 heterocycles. The van der Waals surface area contributed by atoms with Crippen LogP contribution in [0.5, 0.6) is 0 Å². The molecule has 0 aliphatic rings. The van der Waals surface area contributed by atoms with E-state index in [4.69, 9.17) is 0 Å². The van der Waals surface area contributed by atoms with Crippen LogP contribution in [0.3, 0.4) is 0 Å². The molecule has 3 aromatic rings. The highest BCUT2D eigenvalue weighted by molar-refractivity contribution is 5.82. The van der Waals surface area contributed by atoms with Crippen molar-refractivity contribution >= 4 is 10.9 Å². The van der Waals surface area contributed by atoms with E-state index in [-0.39, 0.29) is 5.56 Å². The smallest absolute Gasteiger partial charge is 0.252 e. The van der Waals surface area contributed by atoms with Crippen LogP contribution in [-0.4, -0.2) is 9.97 Å². The molecule has 0 radical (unpaired) electrons. The summed E-state index contributed by atoms with van der Waals surface area (Å²) < 4.78 is 0. The number of benzene rings is 1. The van der Waals surface area contributed by atoms with Gasteiger partial charge >= 0.3 is 0 Å². The van der Waals surface area contributed by atoms with Gasteiger partial charge in [0.1, 0.15) is 0 Å². The molecule has 112 valence electrons. The molecular formula is C18H19N3O. The maximum atomic E-state index is 12.2. The van der Waals surface area contributed by atoms with Crippen molar-refractivity contribution < 1.29 is 0 Å². The number of aromatic nitrogens is 2. The minimum absolute atomic E-state index is 0.0295. The van der Waals surface area contributed by atoms with Crippen molar-refractivity contribution in [3.05, 3.63) is 75.3 Å². The molecule has 2 N–H and O–H groups in total. The number of nitrogens with zero attached hydrogens (tertiary/aromatic N) is 1. The number of hydrogen-bond acceptors (Lipinski definition) is 3. The van der Waals surface area contributed by atoms with E-state index in [1.165, 1.54) is 5.56 Å². The summed E-state index contributed by atoms with van der Waals surface area (Å²) in [4.78, 5) is 19.3. The number of aryl methyl sites for hydroxylation is 2. The van der Waals surface area contributed by atoms with Gasteiger partial charge in [0.2, 0.25) is 0 Å². The summed E-state index contributed by atoms with van der Waals surface area (Å²) >= 11 is 0. The summed E-state index contributed by atoms with van der Waals surface area (Å²) in [6.45, 7) is 5.31. The van der Waals surface area contributed by atoms with E-state index in [2.05, 4.69) is 34.3 Å². The third kappa shape index (κ3) is 3.07. The molecule has 0 amide bonds. The Bertz CT molecular complexity index is 853. The monoisotopic (exact) mass is 293 g/mol. The molecular weight excluding hydrogens is 274 g/mol. The minimum atomic E-state index is -0.0295. The fourth-order valence-corrected chi connectivity index (χ4v) is 2.71. The first-order valence-electron chi connectivity index (χ1n) is 7.36. The van der Waals surface area contributed by atoms with Gasteiger partial charge in [0.25, 0.3) is 5.56 Å². The van der Waals surface area contributed by atoms with Gasteiger partial charge in [-0.1, -0.05) is 17.7 Å². The highest BCUT2D eigenvalue weighted by Gasteiger charge is 2.05. The lowest BCUT2D eigenvalue weighted by molar-refractivity contribution is 0.687. The van der Waals surface area contributed by atoms with E-state index in [0.717, 1.165) is 27.6 Å². The average molecular weight is 293 g/mol. The van der Waals surface area contributed by atoms with Gasteiger partial charge in [-0.2, -0.15) is 0 Å². The van der Waals surface area contributed by atoms with Crippen LogP contribution >= 0.6 is 0 Å². The van der Waals surface area contributed by atoms with Gasteiger partial charge in [-0.25, -0.2) is 0 Å². The second-order valence-electron chi connectivity index (χ2n) is 5.63. The molecule has 2 aromatic heterocycles. The fourth-order valence-electron chi connectivity index (χ4n) is 2.71. The molecule has 0 fully saturated rings. The van der Waals surface area contributed by atoms with Crippen LogP contribution in [0.1, 0.15) is 22.3 Å². The maximum absolute atomic E-state index is 12.2. The molecule has 0 unspecified atom stereocenters. The minimum Gasteiger partial charge on any atom is -0.321 e. The molecule has 0 bridgehead atoms. The Morgan fingerprint density at radius 2 is 2.05 bits per heavy atom. The quantitative estimate of drug-likeness (QED) is 0.777. The van der Waals surface area contributed by atoms with E-state index >= 15 is 0 Å². The first-order chi connectivity index (χ1) is 10.6. The SMILES string of the molecule is Cc1cc(C)c2[nH]c(=O)c(CNCc3cccnc3)cc2c1. The highest BCUT2D eigenvalue weighted by Crippen LogP contribution is 2.17. The molecule has 0 aliphatic carbocycles. The van der Waals surface area contributed by atoms with Gasteiger partial charge in [-0.15, -0.1) is 0 Å². The lowest BCUT2D eigenvalue weighted by Gasteiger charge is -2.08. The van der Waals surface area contributed by atoms with Gasteiger partial charge in [-0.05, 0) is 48.6 Å². The van der Waals surface area contributed by atoms with Crippen LogP contribution in [0.4, 0.5) is 0 Å². The highest BCUT2D eigenvalue weighted by atomic mass is 16.1. The molecule has 0 atom stereocenters. The zero-order valence-electron chi connectivity index (χ0n) is 12.8. The van der Waals surface area contributed by atoms with E-state index in [9.17, 15) is 4.79 Å². The molecule has 0 saturated carbocycles. The third-order valence-electron chi connectivity index (χ3n) is 3.74. The molecule has 4 nitrogen and oxygen atoms in total. The molecule has 22 heavy (non-hydrogen) atoms. The Hall–Kier alpha value is -2.46. The largest absolute Gasteiger partial charge is 0.321 e. The second-order valence-corrected chi connectivity index (χ2v) is 5.63. The number of rotatable bonds is 4. The zero-order chi connectivity index (χ0) is 15.5. The van der Waals surface area contributed by atoms with Crippen molar-refractivity contribution in [3.8, 4) is 0 Å². The fraction of sp³-hybridized carbons (Fsp3) is 0.222. The van der Waals surface area contributed by atoms with Gasteiger partial charge in [0, 0.05) is 31.0 Å². The molecule has 0 saturated heterocycles. The van der Waals surface area contributed by atoms with Crippen LogP contribution in [0.2, 0.25) is 0 Å². The lowest BCUT2D eigenvalue weighted by atomic mass is 10.1. The van der Waals surface area contributed by atoms with Gasteiger partial charge in [0.15, 0.2) is 0 Å². The number of nitrogens with one attached hydrogen (secondary N) is 2. The number of fused-ring (bicyclic) bond motifs is 1. The normalized spacial score (nSPS) is 11.0. The Labute approximate surface area is 129 Å². The van der Waals surface area contributed by atoms with Gasteiger partial charge < -0.3 is 10.3 Å². The summed E-state index contributed by atoms with van der Waals surface area (Å²) in [5, 5.41) is 4.37. The predicted molar refractivity (Wildman–Crippen MR) is 88.8 cm³/mol. The van der Waals surface area contributed by atoms with Crippen molar-refractivity contribution in [3.63, 3.8) is 0 Å². The van der Waals surface area contributed by atoms with Crippen molar-refractivity contribution in [2.45, 2.75) is 26.9 Å². The first kappa shape index (κ1) is 14.5. The van der Waals surface area contributed by atoms with E-state index in [1.54, 1.807) is 6.20 Å². The molecule has 4 heteroatoms. The van der Waals surface area contributed by atoms with Crippen LogP contribution in [0.25, 0.3) is 10.9 Å². The van der Waals surface area contributed by atoms with Gasteiger partial charge in [0.05, 0.1) is 5.52 Å². The third-order valence-corrected chi connectivity index (χ3v) is 3.74. The standard InChI is InChI=1S/C18H19N3O/c1-12-6-13(2)17-15(7-12)8-16(18(22)21-17)11-20-10-14-4-3-5-19-9-14/h3-9,20H,10-11H2,1-2H3,(H,21,22). The predicted octanol–water partition coefficient (Wildman–Crippen LogP) is 2.83. The Morgan fingerprint density at radius 3 is 2.82 bits per heavy atom. The average Bonchev–Trinajstić information content (AvgIpc) is 2.50. The van der Waals surface area contributed by atoms with E-state index in [1.807, 2.05) is 31.3 Å². The number of hydrogen-bond donors (Lipinski definition) is 2. The van der Waals surface area contributed by atoms with Crippen LogP contribution in [0, 0.1) is 13.8 Å². The summed E-state index contributed by atoms with van der Waals surface area (Å²) in [5.74, 6) is 0. The summed E-state index contributed by atoms with van der Waals surface area (Å²) in [7, 11) is 0. The number of H-pyrrole nitrogens is 1. The van der Waals surface area contributed by atoms with Gasteiger partial charge in [-0.3, -0.25) is 9.78 Å². The maximum Gasteiger partial charge on any atom is 0.252 e. The number of aromatic amines is 1. The van der Waals surface area contributed by atoms with E-state index in [0.29, 0.717) is 13.1 Å². The Balaban J connectivity index is 1.82. The van der Waals surface area contributed by atoms with Crippen LogP contribution in [-0.2, 0) is 13.1 Å². The lowest BCUT2D eigenvalue weighted by Crippen LogP contribution is -2.21. The van der Waals surface area contributed by atoms with Crippen molar-refractivity contribution in [1.29, 1.82) is 0 Å². The Kier molecular flexibility index (Phi) is 4.02. The summed E-state index contributed by atoms with van der Waals surface area (Å²) in [5.41, 5.74) is 5.05. The Morgan fingerprint density at radius 1 is 1.18 bits per heavy atom. The van der Waals surface area contributed by atoms with Crippen LogP contribution < -0.4 is 10.9 Å². The summed E-state index contributed by atoms with van der Waals surface area (Å²) in [6.07, 6.45) is 3.58. The van der Waals surface area contributed by atoms with Crippen molar-refractivity contribution in [1.82, 2.24) is 15.3 Å². The summed E-state index contributed by atoms with van der Waals surface area (Å²) in [6, 6.07) is 10.1. The topological polar surface area (TPSA) is 57.8 Å². The first-order valence-corrected chi connectivity index (χ1v) is 7.36. The van der Waals surface area contributed by atoms with E-state index < -0.39 is 0 Å². The molecule has 0 spiro atoms. The second kappa shape index (κ2) is 6.12. The van der Waals surface area contributed by atoms with Crippen LogP contribution in [0.15, 0.2) is 47.5 Å². The van der Waals surface area contributed by atoms with Crippen molar-refractivity contribution in [2.75, 3.05) is 0 Å². The van der Waals surface area contributed by atoms with Crippen molar-refractivity contribution in [2.24, 2.45) is 0 Å². The molecule has 3 rings (SSSR count). The zero-order valence-corrected chi connectivity index (χ0v) is 12.8.